The van der Waals surface area contributed by atoms with Crippen LogP contribution in [0.3, 0.4) is 0 Å². The maximum Gasteiger partial charge on any atom is 0.338 e. The molecule has 2 aromatic carbocycles. The number of benzene rings is 2. The van der Waals surface area contributed by atoms with Crippen molar-refractivity contribution in [1.29, 1.82) is 0 Å². The summed E-state index contributed by atoms with van der Waals surface area (Å²) in [5.74, 6) is 0.380. The molecule has 0 fully saturated rings. The summed E-state index contributed by atoms with van der Waals surface area (Å²) < 4.78 is 12.3. The SMILES string of the molecule is CCOC(=O)C1=C(C)N=C2SC=CN2[C@@H]1c1ccc(OCc2ccc(Cl)cc2Cl)c(I)c1. The van der Waals surface area contributed by atoms with Gasteiger partial charge in [0.1, 0.15) is 12.4 Å². The van der Waals surface area contributed by atoms with Crippen LogP contribution in [-0.4, -0.2) is 22.6 Å². The van der Waals surface area contributed by atoms with Crippen LogP contribution in [0, 0.1) is 3.57 Å². The van der Waals surface area contributed by atoms with Crippen LogP contribution in [-0.2, 0) is 16.1 Å². The zero-order chi connectivity index (χ0) is 22.8. The van der Waals surface area contributed by atoms with E-state index in [4.69, 9.17) is 32.7 Å². The smallest absolute Gasteiger partial charge is 0.338 e. The molecule has 1 atom stereocenters. The average Bonchev–Trinajstić information content (AvgIpc) is 3.21. The quantitative estimate of drug-likeness (QED) is 0.265. The van der Waals surface area contributed by atoms with Gasteiger partial charge in [-0.05, 0) is 71.7 Å². The van der Waals surface area contributed by atoms with Crippen LogP contribution in [0.4, 0.5) is 0 Å². The lowest BCUT2D eigenvalue weighted by Crippen LogP contribution is -2.34. The molecule has 0 spiro atoms. The first-order chi connectivity index (χ1) is 15.4. The standard InChI is InChI=1S/C23H19Cl2IN2O3S/c1-3-30-22(29)20-13(2)27-23-28(8-9-32-23)21(20)14-5-7-19(18(26)10-14)31-12-15-4-6-16(24)11-17(15)25/h4-11,21H,3,12H2,1-2H3/t21-/m1/s1. The largest absolute Gasteiger partial charge is 0.488 e. The van der Waals surface area contributed by atoms with Crippen LogP contribution in [0.5, 0.6) is 5.75 Å². The zero-order valence-electron chi connectivity index (χ0n) is 17.3. The van der Waals surface area contributed by atoms with Crippen molar-refractivity contribution in [2.24, 2.45) is 4.99 Å². The minimum Gasteiger partial charge on any atom is -0.488 e. The van der Waals surface area contributed by atoms with Gasteiger partial charge in [-0.25, -0.2) is 9.79 Å². The van der Waals surface area contributed by atoms with E-state index in [0.29, 0.717) is 34.5 Å². The Morgan fingerprint density at radius 2 is 2.06 bits per heavy atom. The van der Waals surface area contributed by atoms with Crippen molar-refractivity contribution in [2.75, 3.05) is 6.61 Å². The molecule has 0 amide bonds. The predicted molar refractivity (Wildman–Crippen MR) is 138 cm³/mol. The monoisotopic (exact) mass is 600 g/mol. The fraction of sp³-hybridized carbons (Fsp3) is 0.217. The maximum absolute atomic E-state index is 12.8. The molecule has 0 saturated heterocycles. The number of esters is 1. The summed E-state index contributed by atoms with van der Waals surface area (Å²) in [7, 11) is 0. The molecule has 0 unspecified atom stereocenters. The minimum absolute atomic E-state index is 0.307. The second-order valence-corrected chi connectivity index (χ2v) is 9.92. The number of ether oxygens (including phenoxy) is 2. The lowest BCUT2D eigenvalue weighted by atomic mass is 9.95. The molecular formula is C23H19Cl2IN2O3S. The van der Waals surface area contributed by atoms with Gasteiger partial charge in [0.15, 0.2) is 5.17 Å². The van der Waals surface area contributed by atoms with Crippen molar-refractivity contribution in [3.8, 4) is 5.75 Å². The highest BCUT2D eigenvalue weighted by atomic mass is 127. The molecule has 0 radical (unpaired) electrons. The normalized spacial score (nSPS) is 17.3. The van der Waals surface area contributed by atoms with E-state index in [2.05, 4.69) is 27.6 Å². The Bertz CT molecular complexity index is 1170. The van der Waals surface area contributed by atoms with E-state index >= 15 is 0 Å². The summed E-state index contributed by atoms with van der Waals surface area (Å²) in [4.78, 5) is 19.4. The number of amidine groups is 1. The molecule has 2 heterocycles. The molecule has 166 valence electrons. The second-order valence-electron chi connectivity index (χ2n) is 7.04. The van der Waals surface area contributed by atoms with E-state index in [-0.39, 0.29) is 12.0 Å². The maximum atomic E-state index is 12.8. The molecule has 32 heavy (non-hydrogen) atoms. The minimum atomic E-state index is -0.351. The number of carbonyl (C=O) groups is 1. The van der Waals surface area contributed by atoms with Crippen molar-refractivity contribution in [1.82, 2.24) is 4.90 Å². The highest BCUT2D eigenvalue weighted by Crippen LogP contribution is 2.42. The van der Waals surface area contributed by atoms with E-state index < -0.39 is 0 Å². The Morgan fingerprint density at radius 3 is 2.78 bits per heavy atom. The number of fused-ring (bicyclic) bond motifs is 1. The van der Waals surface area contributed by atoms with Crippen LogP contribution < -0.4 is 4.74 Å². The average molecular weight is 601 g/mol. The number of rotatable bonds is 6. The van der Waals surface area contributed by atoms with Gasteiger partial charge in [0.25, 0.3) is 0 Å². The third-order valence-electron chi connectivity index (χ3n) is 4.99. The summed E-state index contributed by atoms with van der Waals surface area (Å²) >= 11 is 16.0. The van der Waals surface area contributed by atoms with Crippen molar-refractivity contribution in [2.45, 2.75) is 26.5 Å². The summed E-state index contributed by atoms with van der Waals surface area (Å²) in [6.45, 7) is 4.28. The van der Waals surface area contributed by atoms with Gasteiger partial charge in [0, 0.05) is 21.8 Å². The van der Waals surface area contributed by atoms with E-state index in [9.17, 15) is 4.79 Å². The van der Waals surface area contributed by atoms with Crippen LogP contribution >= 0.6 is 57.6 Å². The molecule has 2 aliphatic rings. The summed E-state index contributed by atoms with van der Waals surface area (Å²) in [5, 5.41) is 3.96. The molecule has 2 aromatic rings. The molecule has 0 aromatic heterocycles. The molecule has 0 N–H and O–H groups in total. The van der Waals surface area contributed by atoms with Gasteiger partial charge < -0.3 is 14.4 Å². The van der Waals surface area contributed by atoms with Crippen molar-refractivity contribution >= 4 is 68.7 Å². The fourth-order valence-electron chi connectivity index (χ4n) is 3.50. The number of halogens is 3. The predicted octanol–water partition coefficient (Wildman–Crippen LogP) is 6.94. The topological polar surface area (TPSA) is 51.1 Å². The number of aliphatic imine (C=N–C) groups is 1. The first-order valence-corrected chi connectivity index (χ1v) is 12.5. The molecule has 0 aliphatic carbocycles. The summed E-state index contributed by atoms with van der Waals surface area (Å²) in [6.07, 6.45) is 1.94. The van der Waals surface area contributed by atoms with Crippen LogP contribution in [0.2, 0.25) is 10.0 Å². The number of hydrogen-bond acceptors (Lipinski definition) is 6. The Balaban J connectivity index is 1.62. The van der Waals surface area contributed by atoms with E-state index in [1.165, 1.54) is 11.8 Å². The molecular weight excluding hydrogens is 582 g/mol. The second kappa shape index (κ2) is 10.1. The number of thioether (sulfide) groups is 1. The molecule has 5 nitrogen and oxygen atoms in total. The number of nitrogens with zero attached hydrogens (tertiary/aromatic N) is 2. The molecule has 9 heteroatoms. The van der Waals surface area contributed by atoms with E-state index in [1.54, 1.807) is 19.1 Å². The molecule has 4 rings (SSSR count). The highest BCUT2D eigenvalue weighted by Gasteiger charge is 2.37. The van der Waals surface area contributed by atoms with Crippen LogP contribution in [0.25, 0.3) is 0 Å². The third kappa shape index (κ3) is 4.81. The lowest BCUT2D eigenvalue weighted by Gasteiger charge is -2.33. The van der Waals surface area contributed by atoms with Crippen LogP contribution in [0.15, 0.2) is 64.3 Å². The Kier molecular flexibility index (Phi) is 7.39. The van der Waals surface area contributed by atoms with Gasteiger partial charge in [-0.3, -0.25) is 0 Å². The molecule has 0 bridgehead atoms. The number of allylic oxidation sites excluding steroid dienone is 1. The van der Waals surface area contributed by atoms with Gasteiger partial charge in [0.2, 0.25) is 0 Å². The summed E-state index contributed by atoms with van der Waals surface area (Å²) in [6, 6.07) is 10.9. The molecule has 0 saturated carbocycles. The Morgan fingerprint density at radius 1 is 1.25 bits per heavy atom. The summed E-state index contributed by atoms with van der Waals surface area (Å²) in [5.41, 5.74) is 3.02. The van der Waals surface area contributed by atoms with E-state index in [1.807, 2.05) is 47.7 Å². The zero-order valence-corrected chi connectivity index (χ0v) is 21.8. The first-order valence-electron chi connectivity index (χ1n) is 9.83. The van der Waals surface area contributed by atoms with Gasteiger partial charge in [-0.1, -0.05) is 47.1 Å². The van der Waals surface area contributed by atoms with Crippen molar-refractivity contribution in [3.05, 3.63) is 84.0 Å². The van der Waals surface area contributed by atoms with Gasteiger partial charge in [0.05, 0.1) is 27.5 Å². The lowest BCUT2D eigenvalue weighted by molar-refractivity contribution is -0.139. The van der Waals surface area contributed by atoms with Crippen LogP contribution in [0.1, 0.15) is 31.0 Å². The van der Waals surface area contributed by atoms with E-state index in [0.717, 1.165) is 25.6 Å². The first kappa shape index (κ1) is 23.5. The van der Waals surface area contributed by atoms with Gasteiger partial charge in [-0.2, -0.15) is 0 Å². The third-order valence-corrected chi connectivity index (χ3v) is 7.19. The number of hydrogen-bond donors (Lipinski definition) is 0. The fourth-order valence-corrected chi connectivity index (χ4v) is 5.45. The number of carbonyl (C=O) groups excluding carboxylic acids is 1. The van der Waals surface area contributed by atoms with Crippen molar-refractivity contribution in [3.63, 3.8) is 0 Å². The Hall–Kier alpha value is -1.68. The molecule has 2 aliphatic heterocycles. The van der Waals surface area contributed by atoms with Gasteiger partial charge in [-0.15, -0.1) is 0 Å². The highest BCUT2D eigenvalue weighted by molar-refractivity contribution is 14.1. The van der Waals surface area contributed by atoms with Crippen molar-refractivity contribution < 1.29 is 14.3 Å². The Labute approximate surface area is 214 Å². The van der Waals surface area contributed by atoms with Gasteiger partial charge >= 0.3 is 5.97 Å².